The van der Waals surface area contributed by atoms with E-state index in [1.54, 1.807) is 0 Å². The average molecular weight is 201 g/mol. The lowest BCUT2D eigenvalue weighted by Gasteiger charge is -2.20. The number of nitrogens with one attached hydrogen (secondary N) is 1. The molecule has 0 saturated carbocycles. The van der Waals surface area contributed by atoms with Gasteiger partial charge in [-0.15, -0.1) is 0 Å². The molecule has 0 heterocycles. The molecule has 0 bridgehead atoms. The van der Waals surface area contributed by atoms with Crippen molar-refractivity contribution in [1.82, 2.24) is 5.32 Å². The third-order valence-corrected chi connectivity index (χ3v) is 1.54. The maximum atomic E-state index is 11.3. The zero-order chi connectivity index (χ0) is 11.4. The molecule has 1 N–H and O–H groups in total. The molecule has 0 rings (SSSR count). The second-order valence-electron chi connectivity index (χ2n) is 3.26. The molecule has 0 radical (unpaired) electrons. The second kappa shape index (κ2) is 4.76. The number of ether oxygens (including phenoxy) is 2. The van der Waals surface area contributed by atoms with Crippen molar-refractivity contribution >= 4 is 12.0 Å². The van der Waals surface area contributed by atoms with E-state index in [1.807, 2.05) is 5.32 Å². The number of carbonyl (C=O) groups excluding carboxylic acids is 2. The number of imide groups is 1. The summed E-state index contributed by atoms with van der Waals surface area (Å²) in [6.45, 7) is 7.94. The number of alkyl carbamates (subject to hydrolysis) is 1. The lowest BCUT2D eigenvalue weighted by Crippen LogP contribution is -2.46. The quantitative estimate of drug-likeness (QED) is 0.697. The highest BCUT2D eigenvalue weighted by Gasteiger charge is 2.28. The van der Waals surface area contributed by atoms with E-state index in [2.05, 4.69) is 11.3 Å². The van der Waals surface area contributed by atoms with E-state index in [0.29, 0.717) is 0 Å². The van der Waals surface area contributed by atoms with Crippen molar-refractivity contribution in [1.29, 1.82) is 0 Å². The van der Waals surface area contributed by atoms with Crippen LogP contribution in [0.3, 0.4) is 0 Å². The molecule has 0 aromatic rings. The highest BCUT2D eigenvalue weighted by atomic mass is 16.6. The number of rotatable bonds is 3. The van der Waals surface area contributed by atoms with Gasteiger partial charge < -0.3 is 9.47 Å². The van der Waals surface area contributed by atoms with Crippen LogP contribution in [0.15, 0.2) is 12.3 Å². The molecule has 0 spiro atoms. The predicted molar refractivity (Wildman–Crippen MR) is 50.5 cm³/mol. The summed E-state index contributed by atoms with van der Waals surface area (Å²) in [4.78, 5) is 22.3. The molecule has 2 amide bonds. The van der Waals surface area contributed by atoms with Gasteiger partial charge in [-0.25, -0.2) is 4.79 Å². The van der Waals surface area contributed by atoms with E-state index < -0.39 is 17.6 Å². The van der Waals surface area contributed by atoms with Gasteiger partial charge in [-0.1, -0.05) is 6.58 Å². The molecular weight excluding hydrogens is 186 g/mol. The lowest BCUT2D eigenvalue weighted by atomic mass is 10.1. The molecule has 0 saturated heterocycles. The van der Waals surface area contributed by atoms with Gasteiger partial charge in [-0.2, -0.15) is 0 Å². The summed E-state index contributed by atoms with van der Waals surface area (Å²) in [5.41, 5.74) is -1.06. The molecule has 14 heavy (non-hydrogen) atoms. The molecule has 0 aliphatic rings. The third kappa shape index (κ3) is 4.04. The Bertz CT molecular complexity index is 258. The smallest absolute Gasteiger partial charge is 0.416 e. The van der Waals surface area contributed by atoms with Crippen molar-refractivity contribution in [3.63, 3.8) is 0 Å². The van der Waals surface area contributed by atoms with Crippen LogP contribution in [0.25, 0.3) is 0 Å². The number of hydrogen-bond acceptors (Lipinski definition) is 4. The van der Waals surface area contributed by atoms with E-state index >= 15 is 0 Å². The van der Waals surface area contributed by atoms with Crippen LogP contribution in [0.2, 0.25) is 0 Å². The van der Waals surface area contributed by atoms with Crippen molar-refractivity contribution in [3.05, 3.63) is 12.3 Å². The Morgan fingerprint density at radius 3 is 2.21 bits per heavy atom. The van der Waals surface area contributed by atoms with Gasteiger partial charge in [0, 0.05) is 7.11 Å². The van der Waals surface area contributed by atoms with Crippen LogP contribution in [0.4, 0.5) is 4.79 Å². The first-order valence-electron chi connectivity index (χ1n) is 4.03. The second-order valence-corrected chi connectivity index (χ2v) is 3.26. The molecule has 0 aromatic heterocycles. The van der Waals surface area contributed by atoms with Gasteiger partial charge in [-0.3, -0.25) is 10.1 Å². The fourth-order valence-electron chi connectivity index (χ4n) is 0.520. The van der Waals surface area contributed by atoms with Crippen LogP contribution < -0.4 is 5.32 Å². The van der Waals surface area contributed by atoms with Crippen LogP contribution in [-0.4, -0.2) is 24.7 Å². The van der Waals surface area contributed by atoms with Crippen molar-refractivity contribution in [3.8, 4) is 0 Å². The SMILES string of the molecule is C=C(C)OC(=O)NC(=O)C(C)(C)OC. The fraction of sp³-hybridized carbons (Fsp3) is 0.556. The van der Waals surface area contributed by atoms with Crippen molar-refractivity contribution in [2.75, 3.05) is 7.11 Å². The summed E-state index contributed by atoms with van der Waals surface area (Å²) in [5, 5.41) is 2.02. The van der Waals surface area contributed by atoms with Crippen molar-refractivity contribution in [2.45, 2.75) is 26.4 Å². The average Bonchev–Trinajstić information content (AvgIpc) is 2.02. The minimum atomic E-state index is -1.06. The van der Waals surface area contributed by atoms with Crippen LogP contribution in [0.1, 0.15) is 20.8 Å². The first-order valence-corrected chi connectivity index (χ1v) is 4.03. The normalized spacial score (nSPS) is 10.6. The van der Waals surface area contributed by atoms with Gasteiger partial charge in [0.05, 0.1) is 5.76 Å². The lowest BCUT2D eigenvalue weighted by molar-refractivity contribution is -0.138. The Balaban J connectivity index is 4.20. The van der Waals surface area contributed by atoms with Crippen LogP contribution in [0.5, 0.6) is 0 Å². The van der Waals surface area contributed by atoms with Crippen molar-refractivity contribution < 1.29 is 19.1 Å². The van der Waals surface area contributed by atoms with E-state index in [9.17, 15) is 9.59 Å². The number of amides is 2. The molecule has 0 aromatic carbocycles. The minimum absolute atomic E-state index is 0.213. The zero-order valence-corrected chi connectivity index (χ0v) is 8.84. The summed E-state index contributed by atoms with van der Waals surface area (Å²) >= 11 is 0. The fourth-order valence-corrected chi connectivity index (χ4v) is 0.520. The van der Waals surface area contributed by atoms with Crippen LogP contribution in [0, 0.1) is 0 Å². The Kier molecular flexibility index (Phi) is 4.30. The zero-order valence-electron chi connectivity index (χ0n) is 8.84. The summed E-state index contributed by atoms with van der Waals surface area (Å²) in [5.74, 6) is -0.350. The first kappa shape index (κ1) is 12.6. The molecule has 80 valence electrons. The minimum Gasteiger partial charge on any atom is -0.416 e. The Morgan fingerprint density at radius 2 is 1.86 bits per heavy atom. The van der Waals surface area contributed by atoms with Crippen LogP contribution in [-0.2, 0) is 14.3 Å². The molecule has 0 unspecified atom stereocenters. The third-order valence-electron chi connectivity index (χ3n) is 1.54. The van der Waals surface area contributed by atoms with Gasteiger partial charge >= 0.3 is 6.09 Å². The van der Waals surface area contributed by atoms with E-state index in [-0.39, 0.29) is 5.76 Å². The standard InChI is InChI=1S/C9H15NO4/c1-6(2)14-8(12)10-7(11)9(3,4)13-5/h1H2,2-5H3,(H,10,11,12). The number of methoxy groups -OCH3 is 1. The predicted octanol–water partition coefficient (Wildman–Crippen LogP) is 1.20. The summed E-state index contributed by atoms with van der Waals surface area (Å²) in [6.07, 6.45) is -0.854. The Labute approximate surface area is 83.1 Å². The maximum Gasteiger partial charge on any atom is 0.419 e. The van der Waals surface area contributed by atoms with E-state index in [1.165, 1.54) is 27.9 Å². The summed E-state index contributed by atoms with van der Waals surface area (Å²) in [7, 11) is 1.38. The molecule has 0 aliphatic heterocycles. The summed E-state index contributed by atoms with van der Waals surface area (Å²) < 4.78 is 9.40. The van der Waals surface area contributed by atoms with Gasteiger partial charge in [0.1, 0.15) is 5.60 Å². The largest absolute Gasteiger partial charge is 0.419 e. The highest BCUT2D eigenvalue weighted by molar-refractivity contribution is 5.96. The number of hydrogen-bond donors (Lipinski definition) is 1. The summed E-state index contributed by atoms with van der Waals surface area (Å²) in [6, 6.07) is 0. The van der Waals surface area contributed by atoms with Gasteiger partial charge in [0.15, 0.2) is 0 Å². The molecule has 0 aliphatic carbocycles. The molecule has 0 atom stereocenters. The molecule has 5 nitrogen and oxygen atoms in total. The van der Waals surface area contributed by atoms with Gasteiger partial charge in [0.2, 0.25) is 0 Å². The molecule has 0 fully saturated rings. The molecule has 5 heteroatoms. The van der Waals surface area contributed by atoms with E-state index in [4.69, 9.17) is 4.74 Å². The topological polar surface area (TPSA) is 64.6 Å². The van der Waals surface area contributed by atoms with Gasteiger partial charge in [-0.05, 0) is 20.8 Å². The van der Waals surface area contributed by atoms with Gasteiger partial charge in [0.25, 0.3) is 5.91 Å². The van der Waals surface area contributed by atoms with Crippen molar-refractivity contribution in [2.24, 2.45) is 0 Å². The number of allylic oxidation sites excluding steroid dienone is 1. The van der Waals surface area contributed by atoms with Crippen LogP contribution >= 0.6 is 0 Å². The first-order chi connectivity index (χ1) is 6.29. The monoisotopic (exact) mass is 201 g/mol. The molecular formula is C9H15NO4. The Morgan fingerprint density at radius 1 is 1.36 bits per heavy atom. The highest BCUT2D eigenvalue weighted by Crippen LogP contribution is 2.07. The maximum absolute atomic E-state index is 11.3. The Hall–Kier alpha value is -1.36. The number of carbonyl (C=O) groups is 2. The van der Waals surface area contributed by atoms with E-state index in [0.717, 1.165) is 0 Å².